The van der Waals surface area contributed by atoms with Crippen LogP contribution >= 0.6 is 0 Å². The van der Waals surface area contributed by atoms with E-state index in [1.165, 1.54) is 49.7 Å². The van der Waals surface area contributed by atoms with Crippen LogP contribution in [0.25, 0.3) is 0 Å². The average molecular weight is 273 g/mol. The molecule has 1 unspecified atom stereocenters. The molecule has 2 rings (SSSR count). The Morgan fingerprint density at radius 1 is 1.15 bits per heavy atom. The summed E-state index contributed by atoms with van der Waals surface area (Å²) >= 11 is 0. The van der Waals surface area contributed by atoms with Crippen molar-refractivity contribution in [2.24, 2.45) is 5.41 Å². The van der Waals surface area contributed by atoms with Crippen LogP contribution in [0.1, 0.15) is 76.5 Å². The molecule has 112 valence electrons. The van der Waals surface area contributed by atoms with Crippen molar-refractivity contribution in [3.63, 3.8) is 0 Å². The Balaban J connectivity index is 2.30. The van der Waals surface area contributed by atoms with Gasteiger partial charge in [-0.15, -0.1) is 0 Å². The fraction of sp³-hybridized carbons (Fsp3) is 0.684. The lowest BCUT2D eigenvalue weighted by atomic mass is 9.73. The molecular formula is C19H31N. The van der Waals surface area contributed by atoms with E-state index in [-0.39, 0.29) is 0 Å². The molecular weight excluding hydrogens is 242 g/mol. The number of aryl methyl sites for hydroxylation is 1. The van der Waals surface area contributed by atoms with Gasteiger partial charge in [-0.25, -0.2) is 0 Å². The highest BCUT2D eigenvalue weighted by Gasteiger charge is 2.40. The van der Waals surface area contributed by atoms with Gasteiger partial charge >= 0.3 is 0 Å². The lowest BCUT2D eigenvalue weighted by molar-refractivity contribution is 0.187. The van der Waals surface area contributed by atoms with Crippen molar-refractivity contribution < 1.29 is 0 Å². The van der Waals surface area contributed by atoms with E-state index in [1.54, 1.807) is 0 Å². The van der Waals surface area contributed by atoms with Gasteiger partial charge in [0.15, 0.2) is 0 Å². The minimum atomic E-state index is 0.488. The lowest BCUT2D eigenvalue weighted by Crippen LogP contribution is -2.36. The third-order valence-corrected chi connectivity index (χ3v) is 5.21. The van der Waals surface area contributed by atoms with Gasteiger partial charge in [0.05, 0.1) is 0 Å². The Kier molecular flexibility index (Phi) is 5.65. The van der Waals surface area contributed by atoms with Crippen LogP contribution < -0.4 is 5.32 Å². The predicted molar refractivity (Wildman–Crippen MR) is 88.0 cm³/mol. The van der Waals surface area contributed by atoms with E-state index in [1.807, 2.05) is 0 Å². The smallest absolute Gasteiger partial charge is 0.0377 e. The van der Waals surface area contributed by atoms with E-state index >= 15 is 0 Å². The van der Waals surface area contributed by atoms with E-state index in [0.29, 0.717) is 11.5 Å². The van der Waals surface area contributed by atoms with Crippen LogP contribution in [0.4, 0.5) is 0 Å². The highest BCUT2D eigenvalue weighted by Crippen LogP contribution is 2.50. The number of benzene rings is 1. The largest absolute Gasteiger partial charge is 0.309 e. The molecule has 0 saturated heterocycles. The number of hydrogen-bond acceptors (Lipinski definition) is 1. The molecule has 1 fully saturated rings. The zero-order valence-corrected chi connectivity index (χ0v) is 13.5. The molecule has 20 heavy (non-hydrogen) atoms. The summed E-state index contributed by atoms with van der Waals surface area (Å²) in [5.74, 6) is 0. The molecule has 0 aliphatic heterocycles. The molecule has 1 heteroatoms. The fourth-order valence-electron chi connectivity index (χ4n) is 3.89. The van der Waals surface area contributed by atoms with Crippen LogP contribution in [-0.4, -0.2) is 6.54 Å². The van der Waals surface area contributed by atoms with Crippen molar-refractivity contribution in [2.45, 2.75) is 71.8 Å². The van der Waals surface area contributed by atoms with E-state index in [9.17, 15) is 0 Å². The molecule has 0 radical (unpaired) electrons. The van der Waals surface area contributed by atoms with Crippen LogP contribution in [0.5, 0.6) is 0 Å². The molecule has 0 spiro atoms. The van der Waals surface area contributed by atoms with Gasteiger partial charge in [-0.1, -0.05) is 57.9 Å². The summed E-state index contributed by atoms with van der Waals surface area (Å²) in [6.07, 6.45) is 9.24. The number of nitrogens with one attached hydrogen (secondary N) is 1. The van der Waals surface area contributed by atoms with Gasteiger partial charge in [0.1, 0.15) is 0 Å². The lowest BCUT2D eigenvalue weighted by Gasteiger charge is -2.38. The molecule has 0 amide bonds. The van der Waals surface area contributed by atoms with Gasteiger partial charge in [-0.3, -0.25) is 0 Å². The van der Waals surface area contributed by atoms with E-state index in [4.69, 9.17) is 0 Å². The number of hydrogen-bond donors (Lipinski definition) is 1. The Morgan fingerprint density at radius 3 is 2.50 bits per heavy atom. The van der Waals surface area contributed by atoms with Crippen molar-refractivity contribution in [1.29, 1.82) is 0 Å². The highest BCUT2D eigenvalue weighted by atomic mass is 14.9. The zero-order valence-electron chi connectivity index (χ0n) is 13.5. The number of rotatable bonds is 7. The summed E-state index contributed by atoms with van der Waals surface area (Å²) in [7, 11) is 0. The highest BCUT2D eigenvalue weighted by molar-refractivity contribution is 5.28. The molecule has 1 N–H and O–H groups in total. The Labute approximate surface area is 125 Å². The Hall–Kier alpha value is -0.820. The quantitative estimate of drug-likeness (QED) is 0.714. The van der Waals surface area contributed by atoms with Crippen molar-refractivity contribution in [2.75, 3.05) is 6.54 Å². The van der Waals surface area contributed by atoms with Crippen LogP contribution in [0, 0.1) is 5.41 Å². The maximum atomic E-state index is 3.87. The van der Waals surface area contributed by atoms with E-state index < -0.39 is 0 Å². The topological polar surface area (TPSA) is 12.0 Å². The molecule has 0 heterocycles. The van der Waals surface area contributed by atoms with Gasteiger partial charge in [0.25, 0.3) is 0 Å². The first-order valence-electron chi connectivity index (χ1n) is 8.58. The standard InChI is InChI=1S/C19H31N/c1-4-14-20-18(19(6-3)12-7-8-13-19)17-11-9-10-16(5-2)15-17/h9-11,15,18,20H,4-8,12-14H2,1-3H3. The van der Waals surface area contributed by atoms with Crippen LogP contribution in [0.3, 0.4) is 0 Å². The zero-order chi connectivity index (χ0) is 14.4. The molecule has 0 aromatic heterocycles. The first-order valence-corrected chi connectivity index (χ1v) is 8.58. The first kappa shape index (κ1) is 15.6. The van der Waals surface area contributed by atoms with Crippen molar-refractivity contribution in [1.82, 2.24) is 5.32 Å². The molecule has 1 aliphatic rings. The maximum absolute atomic E-state index is 3.87. The molecule has 1 aromatic rings. The van der Waals surface area contributed by atoms with Crippen molar-refractivity contribution in [3.05, 3.63) is 35.4 Å². The first-order chi connectivity index (χ1) is 9.75. The van der Waals surface area contributed by atoms with Crippen LogP contribution in [0.2, 0.25) is 0 Å². The van der Waals surface area contributed by atoms with Gasteiger partial charge in [0.2, 0.25) is 0 Å². The summed E-state index contributed by atoms with van der Waals surface area (Å²) in [4.78, 5) is 0. The minimum Gasteiger partial charge on any atom is -0.309 e. The normalized spacial score (nSPS) is 19.1. The van der Waals surface area contributed by atoms with Gasteiger partial charge in [-0.2, -0.15) is 0 Å². The molecule has 0 bridgehead atoms. The third kappa shape index (κ3) is 3.25. The van der Waals surface area contributed by atoms with Crippen LogP contribution in [0.15, 0.2) is 24.3 Å². The van der Waals surface area contributed by atoms with Gasteiger partial charge < -0.3 is 5.32 Å². The average Bonchev–Trinajstić information content (AvgIpc) is 2.98. The third-order valence-electron chi connectivity index (χ3n) is 5.21. The van der Waals surface area contributed by atoms with E-state index in [2.05, 4.69) is 50.4 Å². The molecule has 1 nitrogen and oxygen atoms in total. The van der Waals surface area contributed by atoms with Gasteiger partial charge in [-0.05, 0) is 55.2 Å². The second-order valence-corrected chi connectivity index (χ2v) is 6.41. The Bertz CT molecular complexity index is 404. The maximum Gasteiger partial charge on any atom is 0.0377 e. The fourth-order valence-corrected chi connectivity index (χ4v) is 3.89. The molecule has 1 aromatic carbocycles. The second kappa shape index (κ2) is 7.26. The van der Waals surface area contributed by atoms with E-state index in [0.717, 1.165) is 13.0 Å². The SMILES string of the molecule is CCCNC(c1cccc(CC)c1)C1(CC)CCCC1. The Morgan fingerprint density at radius 2 is 1.90 bits per heavy atom. The summed E-state index contributed by atoms with van der Waals surface area (Å²) in [6.45, 7) is 8.02. The molecule has 1 atom stereocenters. The minimum absolute atomic E-state index is 0.488. The summed E-state index contributed by atoms with van der Waals surface area (Å²) in [5, 5.41) is 3.87. The molecule has 1 saturated carbocycles. The predicted octanol–water partition coefficient (Wildman–Crippen LogP) is 5.26. The summed E-state index contributed by atoms with van der Waals surface area (Å²) in [5.41, 5.74) is 3.47. The van der Waals surface area contributed by atoms with Gasteiger partial charge in [0, 0.05) is 6.04 Å². The summed E-state index contributed by atoms with van der Waals surface area (Å²) < 4.78 is 0. The summed E-state index contributed by atoms with van der Waals surface area (Å²) in [6, 6.07) is 9.81. The second-order valence-electron chi connectivity index (χ2n) is 6.41. The van der Waals surface area contributed by atoms with Crippen LogP contribution in [-0.2, 0) is 6.42 Å². The van der Waals surface area contributed by atoms with Crippen molar-refractivity contribution in [3.8, 4) is 0 Å². The van der Waals surface area contributed by atoms with Crippen molar-refractivity contribution >= 4 is 0 Å². The molecule has 1 aliphatic carbocycles. The monoisotopic (exact) mass is 273 g/mol.